The standard InChI is InChI=1S/C16H17FN2O/c1-10-3-6-12(7-4-10)15(18)16(20)19-14-9-13(17)8-5-11(14)2/h3-9,15H,18H2,1-2H3,(H,19,20). The zero-order valence-electron chi connectivity index (χ0n) is 11.5. The maximum Gasteiger partial charge on any atom is 0.245 e. The Hall–Kier alpha value is -2.20. The van der Waals surface area contributed by atoms with Crippen LogP contribution in [-0.2, 0) is 4.79 Å². The monoisotopic (exact) mass is 272 g/mol. The molecule has 1 unspecified atom stereocenters. The molecule has 0 aliphatic rings. The Kier molecular flexibility index (Phi) is 4.15. The molecule has 0 spiro atoms. The van der Waals surface area contributed by atoms with E-state index in [0.717, 1.165) is 16.7 Å². The molecule has 0 radical (unpaired) electrons. The highest BCUT2D eigenvalue weighted by atomic mass is 19.1. The van der Waals surface area contributed by atoms with Gasteiger partial charge in [-0.15, -0.1) is 0 Å². The number of anilines is 1. The first kappa shape index (κ1) is 14.2. The summed E-state index contributed by atoms with van der Waals surface area (Å²) < 4.78 is 13.2. The highest BCUT2D eigenvalue weighted by Crippen LogP contribution is 2.19. The third-order valence-electron chi connectivity index (χ3n) is 3.18. The van der Waals surface area contributed by atoms with Gasteiger partial charge in [0.05, 0.1) is 0 Å². The van der Waals surface area contributed by atoms with Gasteiger partial charge in [0.15, 0.2) is 0 Å². The summed E-state index contributed by atoms with van der Waals surface area (Å²) >= 11 is 0. The SMILES string of the molecule is Cc1ccc(C(N)C(=O)Nc2cc(F)ccc2C)cc1. The highest BCUT2D eigenvalue weighted by molar-refractivity contribution is 5.95. The number of nitrogens with one attached hydrogen (secondary N) is 1. The molecule has 2 rings (SSSR count). The second-order valence-corrected chi connectivity index (χ2v) is 4.84. The minimum absolute atomic E-state index is 0.359. The van der Waals surface area contributed by atoms with E-state index in [0.29, 0.717) is 5.69 Å². The van der Waals surface area contributed by atoms with Crippen LogP contribution in [0.3, 0.4) is 0 Å². The van der Waals surface area contributed by atoms with E-state index in [4.69, 9.17) is 5.73 Å². The molecule has 2 aromatic carbocycles. The first-order chi connectivity index (χ1) is 9.47. The number of carbonyl (C=O) groups is 1. The van der Waals surface area contributed by atoms with Crippen molar-refractivity contribution in [3.05, 3.63) is 65.0 Å². The van der Waals surface area contributed by atoms with Crippen LogP contribution in [0.1, 0.15) is 22.7 Å². The Morgan fingerprint density at radius 3 is 2.45 bits per heavy atom. The zero-order chi connectivity index (χ0) is 14.7. The molecule has 4 heteroatoms. The summed E-state index contributed by atoms with van der Waals surface area (Å²) in [6, 6.07) is 10.9. The summed E-state index contributed by atoms with van der Waals surface area (Å²) in [5, 5.41) is 2.66. The number of carbonyl (C=O) groups excluding carboxylic acids is 1. The lowest BCUT2D eigenvalue weighted by Crippen LogP contribution is -2.28. The van der Waals surface area contributed by atoms with Gasteiger partial charge in [-0.3, -0.25) is 4.79 Å². The fourth-order valence-electron chi connectivity index (χ4n) is 1.86. The predicted molar refractivity (Wildman–Crippen MR) is 77.9 cm³/mol. The van der Waals surface area contributed by atoms with E-state index in [9.17, 15) is 9.18 Å². The van der Waals surface area contributed by atoms with Crippen LogP contribution < -0.4 is 11.1 Å². The minimum atomic E-state index is -0.779. The van der Waals surface area contributed by atoms with Crippen LogP contribution in [0, 0.1) is 19.7 Å². The summed E-state index contributed by atoms with van der Waals surface area (Å²) in [5.41, 5.74) is 8.97. The van der Waals surface area contributed by atoms with E-state index in [2.05, 4.69) is 5.32 Å². The van der Waals surface area contributed by atoms with E-state index in [1.165, 1.54) is 12.1 Å². The van der Waals surface area contributed by atoms with Crippen LogP contribution in [0.15, 0.2) is 42.5 Å². The smallest absolute Gasteiger partial charge is 0.245 e. The van der Waals surface area contributed by atoms with Crippen LogP contribution in [-0.4, -0.2) is 5.91 Å². The molecular weight excluding hydrogens is 255 g/mol. The van der Waals surface area contributed by atoms with Crippen molar-refractivity contribution in [3.63, 3.8) is 0 Å². The largest absolute Gasteiger partial charge is 0.324 e. The number of rotatable bonds is 3. The van der Waals surface area contributed by atoms with Crippen LogP contribution in [0.5, 0.6) is 0 Å². The summed E-state index contributed by atoms with van der Waals surface area (Å²) in [5.74, 6) is -0.752. The lowest BCUT2D eigenvalue weighted by molar-refractivity contribution is -0.117. The number of benzene rings is 2. The lowest BCUT2D eigenvalue weighted by atomic mass is 10.0. The fourth-order valence-corrected chi connectivity index (χ4v) is 1.86. The van der Waals surface area contributed by atoms with Crippen LogP contribution in [0.2, 0.25) is 0 Å². The summed E-state index contributed by atoms with van der Waals surface area (Å²) in [6.45, 7) is 3.76. The molecule has 0 fully saturated rings. The molecule has 3 nitrogen and oxygen atoms in total. The van der Waals surface area contributed by atoms with Gasteiger partial charge < -0.3 is 11.1 Å². The molecule has 1 amide bonds. The van der Waals surface area contributed by atoms with Gasteiger partial charge in [-0.1, -0.05) is 35.9 Å². The quantitative estimate of drug-likeness (QED) is 0.902. The Balaban J connectivity index is 2.15. The third kappa shape index (κ3) is 3.22. The van der Waals surface area contributed by atoms with Crippen molar-refractivity contribution in [2.24, 2.45) is 5.73 Å². The Morgan fingerprint density at radius 2 is 1.80 bits per heavy atom. The minimum Gasteiger partial charge on any atom is -0.324 e. The fraction of sp³-hybridized carbons (Fsp3) is 0.188. The van der Waals surface area contributed by atoms with Crippen molar-refractivity contribution in [1.82, 2.24) is 0 Å². The first-order valence-corrected chi connectivity index (χ1v) is 6.36. The molecule has 3 N–H and O–H groups in total. The van der Waals surface area contributed by atoms with Gasteiger partial charge >= 0.3 is 0 Å². The molecular formula is C16H17FN2O. The number of hydrogen-bond donors (Lipinski definition) is 2. The van der Waals surface area contributed by atoms with Crippen molar-refractivity contribution in [3.8, 4) is 0 Å². The average molecular weight is 272 g/mol. The van der Waals surface area contributed by atoms with Crippen molar-refractivity contribution >= 4 is 11.6 Å². The predicted octanol–water partition coefficient (Wildman–Crippen LogP) is 3.08. The molecule has 1 atom stereocenters. The van der Waals surface area contributed by atoms with Gasteiger partial charge in [0, 0.05) is 5.69 Å². The number of aryl methyl sites for hydroxylation is 2. The van der Waals surface area contributed by atoms with Gasteiger partial charge in [-0.2, -0.15) is 0 Å². The first-order valence-electron chi connectivity index (χ1n) is 6.36. The van der Waals surface area contributed by atoms with E-state index in [1.807, 2.05) is 31.2 Å². The van der Waals surface area contributed by atoms with Crippen molar-refractivity contribution in [2.45, 2.75) is 19.9 Å². The van der Waals surface area contributed by atoms with Gasteiger partial charge in [-0.25, -0.2) is 4.39 Å². The second-order valence-electron chi connectivity index (χ2n) is 4.84. The lowest BCUT2D eigenvalue weighted by Gasteiger charge is -2.14. The normalized spacial score (nSPS) is 12.0. The van der Waals surface area contributed by atoms with E-state index in [1.54, 1.807) is 13.0 Å². The van der Waals surface area contributed by atoms with Crippen molar-refractivity contribution in [1.29, 1.82) is 0 Å². The average Bonchev–Trinajstić information content (AvgIpc) is 2.43. The molecule has 0 aromatic heterocycles. The molecule has 2 aromatic rings. The number of nitrogens with two attached hydrogens (primary N) is 1. The maximum absolute atomic E-state index is 13.2. The van der Waals surface area contributed by atoms with Crippen LogP contribution in [0.4, 0.5) is 10.1 Å². The topological polar surface area (TPSA) is 55.1 Å². The number of halogens is 1. The Morgan fingerprint density at radius 1 is 1.15 bits per heavy atom. The molecule has 0 bridgehead atoms. The van der Waals surface area contributed by atoms with Gasteiger partial charge in [0.25, 0.3) is 0 Å². The summed E-state index contributed by atoms with van der Waals surface area (Å²) in [6.07, 6.45) is 0. The van der Waals surface area contributed by atoms with Crippen LogP contribution >= 0.6 is 0 Å². The van der Waals surface area contributed by atoms with Crippen molar-refractivity contribution in [2.75, 3.05) is 5.32 Å². The number of hydrogen-bond acceptors (Lipinski definition) is 2. The number of amides is 1. The van der Waals surface area contributed by atoms with Gasteiger partial charge in [-0.05, 0) is 37.1 Å². The molecule has 0 saturated heterocycles. The molecule has 0 aliphatic carbocycles. The zero-order valence-corrected chi connectivity index (χ0v) is 11.5. The summed E-state index contributed by atoms with van der Waals surface area (Å²) in [4.78, 5) is 12.1. The van der Waals surface area contributed by atoms with E-state index in [-0.39, 0.29) is 5.91 Å². The Labute approximate surface area is 117 Å². The van der Waals surface area contributed by atoms with E-state index < -0.39 is 11.9 Å². The maximum atomic E-state index is 13.2. The molecule has 104 valence electrons. The van der Waals surface area contributed by atoms with Gasteiger partial charge in [0.2, 0.25) is 5.91 Å². The molecule has 20 heavy (non-hydrogen) atoms. The van der Waals surface area contributed by atoms with E-state index >= 15 is 0 Å². The third-order valence-corrected chi connectivity index (χ3v) is 3.18. The summed E-state index contributed by atoms with van der Waals surface area (Å²) in [7, 11) is 0. The Bertz CT molecular complexity index is 623. The van der Waals surface area contributed by atoms with Gasteiger partial charge in [0.1, 0.15) is 11.9 Å². The molecule has 0 heterocycles. The van der Waals surface area contributed by atoms with Crippen LogP contribution in [0.25, 0.3) is 0 Å². The molecule has 0 saturated carbocycles. The highest BCUT2D eigenvalue weighted by Gasteiger charge is 2.16. The second kappa shape index (κ2) is 5.84. The van der Waals surface area contributed by atoms with Crippen molar-refractivity contribution < 1.29 is 9.18 Å². The molecule has 0 aliphatic heterocycles.